The van der Waals surface area contributed by atoms with Crippen molar-refractivity contribution in [2.24, 2.45) is 5.10 Å². The van der Waals surface area contributed by atoms with Crippen LogP contribution in [0.5, 0.6) is 11.5 Å². The number of amides is 1. The predicted molar refractivity (Wildman–Crippen MR) is 85.8 cm³/mol. The Bertz CT molecular complexity index is 690. The summed E-state index contributed by atoms with van der Waals surface area (Å²) in [6.07, 6.45) is 1.43. The topological polar surface area (TPSA) is 73.1 Å². The lowest BCUT2D eigenvalue weighted by Crippen LogP contribution is -2.17. The minimum absolute atomic E-state index is 0.362. The van der Waals surface area contributed by atoms with Crippen LogP contribution in [0.4, 0.5) is 0 Å². The van der Waals surface area contributed by atoms with Gasteiger partial charge in [0.15, 0.2) is 11.5 Å². The highest BCUT2D eigenvalue weighted by molar-refractivity contribution is 9.10. The van der Waals surface area contributed by atoms with Crippen molar-refractivity contribution in [3.05, 3.63) is 45.8 Å². The fourth-order valence-electron chi connectivity index (χ4n) is 1.74. The molecule has 0 bridgehead atoms. The quantitative estimate of drug-likeness (QED) is 0.651. The molecule has 6 nitrogen and oxygen atoms in total. The first-order valence-corrected chi connectivity index (χ1v) is 7.15. The minimum Gasteiger partial charge on any atom is -0.493 e. The molecule has 0 unspecified atom stereocenters. The Morgan fingerprint density at radius 3 is 2.59 bits per heavy atom. The van der Waals surface area contributed by atoms with Gasteiger partial charge in [-0.3, -0.25) is 4.79 Å². The van der Waals surface area contributed by atoms with Crippen LogP contribution in [0.1, 0.15) is 21.9 Å². The number of hydrazone groups is 1. The summed E-state index contributed by atoms with van der Waals surface area (Å²) in [7, 11) is 3.04. The highest BCUT2D eigenvalue weighted by Gasteiger charge is 2.10. The van der Waals surface area contributed by atoms with Gasteiger partial charge in [-0.15, -0.1) is 0 Å². The first kappa shape index (κ1) is 16.1. The summed E-state index contributed by atoms with van der Waals surface area (Å²) in [5.41, 5.74) is 2.83. The monoisotopic (exact) mass is 366 g/mol. The number of rotatable bonds is 5. The molecule has 0 atom stereocenters. The lowest BCUT2D eigenvalue weighted by Gasteiger charge is -2.08. The molecule has 1 aromatic heterocycles. The van der Waals surface area contributed by atoms with Crippen molar-refractivity contribution in [2.75, 3.05) is 14.2 Å². The summed E-state index contributed by atoms with van der Waals surface area (Å²) in [5, 5.41) is 3.86. The van der Waals surface area contributed by atoms with E-state index in [1.807, 2.05) is 6.92 Å². The van der Waals surface area contributed by atoms with E-state index in [4.69, 9.17) is 13.9 Å². The van der Waals surface area contributed by atoms with Gasteiger partial charge >= 0.3 is 0 Å². The van der Waals surface area contributed by atoms with Gasteiger partial charge in [-0.2, -0.15) is 5.10 Å². The van der Waals surface area contributed by atoms with Crippen LogP contribution < -0.4 is 14.9 Å². The fraction of sp³-hybridized carbons (Fsp3) is 0.200. The largest absolute Gasteiger partial charge is 0.493 e. The van der Waals surface area contributed by atoms with E-state index in [0.29, 0.717) is 22.8 Å². The maximum Gasteiger partial charge on any atom is 0.271 e. The molecule has 1 N–H and O–H groups in total. The van der Waals surface area contributed by atoms with E-state index in [1.165, 1.54) is 20.4 Å². The molecular formula is C15H15BrN2O4. The number of nitrogens with zero attached hydrogens (tertiary/aromatic N) is 1. The Hall–Kier alpha value is -2.28. The van der Waals surface area contributed by atoms with Crippen LogP contribution >= 0.6 is 15.9 Å². The maximum absolute atomic E-state index is 12.0. The van der Waals surface area contributed by atoms with Crippen LogP contribution in [0.3, 0.4) is 0 Å². The molecule has 2 aromatic rings. The van der Waals surface area contributed by atoms with Gasteiger partial charge in [-0.05, 0) is 41.1 Å². The Morgan fingerprint density at radius 2 is 2.00 bits per heavy atom. The number of hydrogen-bond acceptors (Lipinski definition) is 5. The molecule has 22 heavy (non-hydrogen) atoms. The van der Waals surface area contributed by atoms with E-state index in [2.05, 4.69) is 26.5 Å². The average Bonchev–Trinajstić information content (AvgIpc) is 2.84. The van der Waals surface area contributed by atoms with Crippen molar-refractivity contribution < 1.29 is 18.7 Å². The fourth-order valence-corrected chi connectivity index (χ4v) is 2.05. The summed E-state index contributed by atoms with van der Waals surface area (Å²) >= 11 is 3.33. The smallest absolute Gasteiger partial charge is 0.271 e. The summed E-state index contributed by atoms with van der Waals surface area (Å²) in [5.74, 6) is 1.95. The van der Waals surface area contributed by atoms with Crippen LogP contribution in [-0.4, -0.2) is 26.3 Å². The molecule has 0 aliphatic heterocycles. The number of methoxy groups -OCH3 is 2. The number of nitrogens with one attached hydrogen (secondary N) is 1. The van der Waals surface area contributed by atoms with Gasteiger partial charge in [-0.1, -0.05) is 0 Å². The Labute approximate surface area is 136 Å². The van der Waals surface area contributed by atoms with E-state index in [9.17, 15) is 4.79 Å². The number of benzene rings is 1. The zero-order chi connectivity index (χ0) is 16.1. The van der Waals surface area contributed by atoms with E-state index >= 15 is 0 Å². The number of aryl methyl sites for hydroxylation is 1. The summed E-state index contributed by atoms with van der Waals surface area (Å²) in [6, 6.07) is 6.63. The number of ether oxygens (including phenoxy) is 2. The minimum atomic E-state index is -0.362. The Balaban J connectivity index is 2.06. The van der Waals surface area contributed by atoms with Gasteiger partial charge in [0.05, 0.1) is 24.9 Å². The van der Waals surface area contributed by atoms with Crippen LogP contribution in [0.15, 0.2) is 38.3 Å². The molecule has 1 heterocycles. The third-order valence-electron chi connectivity index (χ3n) is 2.88. The zero-order valence-corrected chi connectivity index (χ0v) is 13.9. The number of furan rings is 1. The normalized spacial score (nSPS) is 10.7. The molecule has 0 saturated heterocycles. The maximum atomic E-state index is 12.0. The van der Waals surface area contributed by atoms with Gasteiger partial charge in [0.1, 0.15) is 11.5 Å². The van der Waals surface area contributed by atoms with Crippen molar-refractivity contribution in [2.45, 2.75) is 6.92 Å². The van der Waals surface area contributed by atoms with Gasteiger partial charge < -0.3 is 13.9 Å². The molecule has 0 radical (unpaired) electrons. The Kier molecular flexibility index (Phi) is 5.21. The van der Waals surface area contributed by atoms with Crippen molar-refractivity contribution in [3.63, 3.8) is 0 Å². The predicted octanol–water partition coefficient (Wildman–Crippen LogP) is 3.13. The van der Waals surface area contributed by atoms with Crippen molar-refractivity contribution in [1.82, 2.24) is 5.43 Å². The molecule has 1 amide bonds. The highest BCUT2D eigenvalue weighted by Crippen LogP contribution is 2.27. The molecule has 0 saturated carbocycles. The van der Waals surface area contributed by atoms with E-state index in [-0.39, 0.29) is 5.91 Å². The first-order chi connectivity index (χ1) is 10.5. The van der Waals surface area contributed by atoms with Gasteiger partial charge in [0, 0.05) is 11.6 Å². The van der Waals surface area contributed by atoms with Crippen LogP contribution in [-0.2, 0) is 0 Å². The second-order valence-electron chi connectivity index (χ2n) is 4.32. The average molecular weight is 367 g/mol. The molecule has 116 valence electrons. The molecule has 2 rings (SSSR count). The summed E-state index contributed by atoms with van der Waals surface area (Å²) < 4.78 is 16.5. The summed E-state index contributed by atoms with van der Waals surface area (Å²) in [6.45, 7) is 1.82. The number of carbonyl (C=O) groups is 1. The summed E-state index contributed by atoms with van der Waals surface area (Å²) in [4.78, 5) is 12.0. The first-order valence-electron chi connectivity index (χ1n) is 6.36. The molecule has 0 fully saturated rings. The van der Waals surface area contributed by atoms with Crippen molar-refractivity contribution in [3.8, 4) is 11.5 Å². The van der Waals surface area contributed by atoms with E-state index in [0.717, 1.165) is 10.2 Å². The van der Waals surface area contributed by atoms with Crippen molar-refractivity contribution in [1.29, 1.82) is 0 Å². The molecular weight excluding hydrogens is 352 g/mol. The molecule has 0 spiro atoms. The van der Waals surface area contributed by atoms with E-state index < -0.39 is 0 Å². The second-order valence-corrected chi connectivity index (χ2v) is 5.18. The Morgan fingerprint density at radius 1 is 1.27 bits per heavy atom. The second kappa shape index (κ2) is 7.13. The van der Waals surface area contributed by atoms with Crippen molar-refractivity contribution >= 4 is 28.1 Å². The van der Waals surface area contributed by atoms with Crippen LogP contribution in [0.25, 0.3) is 0 Å². The highest BCUT2D eigenvalue weighted by atomic mass is 79.9. The molecule has 7 heteroatoms. The van der Waals surface area contributed by atoms with Gasteiger partial charge in [0.2, 0.25) is 0 Å². The third kappa shape index (κ3) is 3.67. The number of carbonyl (C=O) groups excluding carboxylic acids is 1. The standard InChI is InChI=1S/C15H15BrN2O4/c1-9-12(16)7-11(22-9)8-17-18-15(19)10-4-5-13(20-2)14(6-10)21-3/h4-8H,1-3H3,(H,18,19). The molecule has 0 aliphatic carbocycles. The number of halogens is 1. The SMILES string of the molecule is COc1ccc(C(=O)NN=Cc2cc(Br)c(C)o2)cc1OC. The molecule has 0 aliphatic rings. The lowest BCUT2D eigenvalue weighted by atomic mass is 10.2. The number of hydrogen-bond donors (Lipinski definition) is 1. The lowest BCUT2D eigenvalue weighted by molar-refractivity contribution is 0.0954. The van der Waals surface area contributed by atoms with Gasteiger partial charge in [0.25, 0.3) is 5.91 Å². The third-order valence-corrected chi connectivity index (χ3v) is 3.67. The van der Waals surface area contributed by atoms with Crippen LogP contribution in [0, 0.1) is 6.92 Å². The van der Waals surface area contributed by atoms with E-state index in [1.54, 1.807) is 24.3 Å². The van der Waals surface area contributed by atoms with Gasteiger partial charge in [-0.25, -0.2) is 5.43 Å². The van der Waals surface area contributed by atoms with Crippen LogP contribution in [0.2, 0.25) is 0 Å². The molecule has 1 aromatic carbocycles. The zero-order valence-electron chi connectivity index (χ0n) is 12.3.